The number of carbonyl (C=O) groups is 3. The van der Waals surface area contributed by atoms with Crippen molar-refractivity contribution in [3.8, 4) is 0 Å². The van der Waals surface area contributed by atoms with Gasteiger partial charge in [-0.05, 0) is 24.1 Å². The summed E-state index contributed by atoms with van der Waals surface area (Å²) in [7, 11) is 2.11. The van der Waals surface area contributed by atoms with Crippen LogP contribution in [-0.4, -0.2) is 48.1 Å². The molecule has 1 aromatic rings. The third-order valence-corrected chi connectivity index (χ3v) is 4.97. The summed E-state index contributed by atoms with van der Waals surface area (Å²) in [5.74, 6) is -4.46. The van der Waals surface area contributed by atoms with E-state index < -0.39 is 45.4 Å². The van der Waals surface area contributed by atoms with E-state index in [0.29, 0.717) is 11.1 Å². The lowest BCUT2D eigenvalue weighted by molar-refractivity contribution is -1.07. The molecule has 1 aromatic carbocycles. The molecule has 1 aliphatic carbocycles. The van der Waals surface area contributed by atoms with Gasteiger partial charge in [0.15, 0.2) is 0 Å². The van der Waals surface area contributed by atoms with Gasteiger partial charge in [0.25, 0.3) is 0 Å². The van der Waals surface area contributed by atoms with E-state index in [1.807, 2.05) is 0 Å². The molecule has 2 rings (SSSR count). The Kier molecular flexibility index (Phi) is 5.82. The number of Topliss-reactive ketones (excluding diaryl/α,β-unsaturated/α-hetero) is 1. The second-order valence-corrected chi connectivity index (χ2v) is 6.41. The summed E-state index contributed by atoms with van der Waals surface area (Å²) in [5, 5.41) is 19.9. The SMILES string of the molecule is COC(=O)C1=Cc2ccccc2[C@H]([C@H](C)[NH+]([O-])O)[C@@](Cl)(C(=O)OC)C1=O. The highest BCUT2D eigenvalue weighted by molar-refractivity contribution is 6.51. The lowest BCUT2D eigenvalue weighted by Gasteiger charge is -2.36. The van der Waals surface area contributed by atoms with E-state index in [1.54, 1.807) is 24.3 Å². The van der Waals surface area contributed by atoms with Crippen molar-refractivity contribution in [2.45, 2.75) is 23.8 Å². The summed E-state index contributed by atoms with van der Waals surface area (Å²) in [6.45, 7) is 1.33. The standard InChI is InChI=1S/C17H18ClNO7/c1-9(19(23)24)13-11-7-5-4-6-10(11)8-12(15(21)25-2)14(20)17(13,18)16(22)26-3/h4-9,13,19,23H,1-3H3/t9-,13-,17-/m0/s1. The normalized spacial score (nSPS) is 24.6. The van der Waals surface area contributed by atoms with Gasteiger partial charge in [-0.3, -0.25) is 4.79 Å². The van der Waals surface area contributed by atoms with Gasteiger partial charge in [0, 0.05) is 0 Å². The molecule has 4 atom stereocenters. The van der Waals surface area contributed by atoms with Crippen LogP contribution in [0.2, 0.25) is 0 Å². The summed E-state index contributed by atoms with van der Waals surface area (Å²) in [6, 6.07) is 5.20. The lowest BCUT2D eigenvalue weighted by atomic mass is 9.77. The highest BCUT2D eigenvalue weighted by atomic mass is 35.5. The molecular formula is C17H18ClNO7. The minimum Gasteiger partial charge on any atom is -0.600 e. The van der Waals surface area contributed by atoms with Gasteiger partial charge in [0.2, 0.25) is 10.7 Å². The second-order valence-electron chi connectivity index (χ2n) is 5.82. The summed E-state index contributed by atoms with van der Waals surface area (Å²) in [5.41, 5.74) is 0.279. The number of hydroxylamine groups is 2. The van der Waals surface area contributed by atoms with Crippen LogP contribution in [0.25, 0.3) is 6.08 Å². The number of ketones is 1. The first kappa shape index (κ1) is 20.1. The Hall–Kier alpha value is -2.26. The lowest BCUT2D eigenvalue weighted by Crippen LogP contribution is -3.09. The minimum atomic E-state index is -2.43. The quantitative estimate of drug-likeness (QED) is 0.251. The fourth-order valence-corrected chi connectivity index (χ4v) is 3.57. The maximum absolute atomic E-state index is 13.1. The molecule has 0 bridgehead atoms. The molecule has 2 N–H and O–H groups in total. The number of ether oxygens (including phenoxy) is 2. The maximum atomic E-state index is 13.1. The first-order valence-electron chi connectivity index (χ1n) is 7.64. The smallest absolute Gasteiger partial charge is 0.341 e. The van der Waals surface area contributed by atoms with Crippen molar-refractivity contribution in [1.29, 1.82) is 0 Å². The molecule has 0 saturated carbocycles. The number of rotatable bonds is 4. The largest absolute Gasteiger partial charge is 0.600 e. The number of quaternary nitrogens is 1. The molecule has 0 fully saturated rings. The molecule has 0 aromatic heterocycles. The van der Waals surface area contributed by atoms with Crippen LogP contribution in [0.4, 0.5) is 0 Å². The van der Waals surface area contributed by atoms with Crippen LogP contribution in [0, 0.1) is 5.21 Å². The molecule has 26 heavy (non-hydrogen) atoms. The molecule has 0 heterocycles. The van der Waals surface area contributed by atoms with Gasteiger partial charge in [0.1, 0.15) is 11.6 Å². The van der Waals surface area contributed by atoms with Crippen LogP contribution in [-0.2, 0) is 23.9 Å². The van der Waals surface area contributed by atoms with Crippen molar-refractivity contribution in [3.05, 3.63) is 46.2 Å². The molecule has 0 spiro atoms. The summed E-state index contributed by atoms with van der Waals surface area (Å²) >= 11 is 6.47. The Labute approximate surface area is 154 Å². The minimum absolute atomic E-state index is 0.343. The predicted octanol–water partition coefficient (Wildman–Crippen LogP) is 0.220. The number of nitrogens with one attached hydrogen (secondary N) is 1. The number of alkyl halides is 1. The third kappa shape index (κ3) is 3.12. The van der Waals surface area contributed by atoms with Gasteiger partial charge < -0.3 is 14.7 Å². The van der Waals surface area contributed by atoms with Gasteiger partial charge in [0.05, 0.1) is 20.1 Å². The molecule has 8 nitrogen and oxygen atoms in total. The Morgan fingerprint density at radius 2 is 1.92 bits per heavy atom. The van der Waals surface area contributed by atoms with Crippen molar-refractivity contribution in [2.24, 2.45) is 0 Å². The number of fused-ring (bicyclic) bond motifs is 1. The van der Waals surface area contributed by atoms with Crippen LogP contribution in [0.5, 0.6) is 0 Å². The predicted molar refractivity (Wildman–Crippen MR) is 90.4 cm³/mol. The van der Waals surface area contributed by atoms with E-state index in [1.165, 1.54) is 13.0 Å². The van der Waals surface area contributed by atoms with E-state index in [0.717, 1.165) is 14.2 Å². The van der Waals surface area contributed by atoms with Gasteiger partial charge in [-0.25, -0.2) is 20.0 Å². The van der Waals surface area contributed by atoms with Gasteiger partial charge in [-0.15, -0.1) is 0 Å². The highest BCUT2D eigenvalue weighted by Crippen LogP contribution is 2.44. The zero-order valence-electron chi connectivity index (χ0n) is 14.3. The van der Waals surface area contributed by atoms with E-state index in [9.17, 15) is 24.8 Å². The van der Waals surface area contributed by atoms with Crippen molar-refractivity contribution >= 4 is 35.4 Å². The van der Waals surface area contributed by atoms with Gasteiger partial charge >= 0.3 is 11.9 Å². The van der Waals surface area contributed by atoms with Crippen molar-refractivity contribution in [3.63, 3.8) is 0 Å². The van der Waals surface area contributed by atoms with Crippen molar-refractivity contribution in [2.75, 3.05) is 14.2 Å². The average Bonchev–Trinajstić information content (AvgIpc) is 2.73. The van der Waals surface area contributed by atoms with E-state index in [4.69, 9.17) is 16.3 Å². The Morgan fingerprint density at radius 1 is 1.31 bits per heavy atom. The summed E-state index contributed by atoms with van der Waals surface area (Å²) in [4.78, 5) is 35.3. The number of methoxy groups -OCH3 is 2. The van der Waals surface area contributed by atoms with Crippen LogP contribution in [0.1, 0.15) is 24.0 Å². The zero-order chi connectivity index (χ0) is 19.6. The molecule has 0 radical (unpaired) electrons. The molecule has 0 aliphatic heterocycles. The number of halogens is 1. The summed E-state index contributed by atoms with van der Waals surface area (Å²) in [6.07, 6.45) is 1.25. The van der Waals surface area contributed by atoms with Crippen LogP contribution in [0.3, 0.4) is 0 Å². The fraction of sp³-hybridized carbons (Fsp3) is 0.353. The average molecular weight is 384 g/mol. The van der Waals surface area contributed by atoms with Gasteiger partial charge in [-0.1, -0.05) is 35.9 Å². The zero-order valence-corrected chi connectivity index (χ0v) is 15.1. The first-order chi connectivity index (χ1) is 12.2. The van der Waals surface area contributed by atoms with Crippen LogP contribution in [0.15, 0.2) is 29.8 Å². The van der Waals surface area contributed by atoms with E-state index in [2.05, 4.69) is 4.74 Å². The third-order valence-electron chi connectivity index (χ3n) is 4.41. The molecule has 140 valence electrons. The maximum Gasteiger partial charge on any atom is 0.341 e. The monoisotopic (exact) mass is 383 g/mol. The molecular weight excluding hydrogens is 366 g/mol. The number of hydrogen-bond donors (Lipinski definition) is 2. The fourth-order valence-electron chi connectivity index (χ4n) is 3.08. The molecule has 1 unspecified atom stereocenters. The topological polar surface area (TPSA) is 117 Å². The highest BCUT2D eigenvalue weighted by Gasteiger charge is 2.59. The van der Waals surface area contributed by atoms with E-state index >= 15 is 0 Å². The first-order valence-corrected chi connectivity index (χ1v) is 8.01. The molecule has 0 amide bonds. The number of esters is 2. The Bertz CT molecular complexity index is 776. The number of carbonyl (C=O) groups excluding carboxylic acids is 3. The van der Waals surface area contributed by atoms with Crippen LogP contribution >= 0.6 is 11.6 Å². The molecule has 0 saturated heterocycles. The second kappa shape index (κ2) is 7.55. The van der Waals surface area contributed by atoms with Crippen molar-refractivity contribution < 1.29 is 34.3 Å². The van der Waals surface area contributed by atoms with Crippen molar-refractivity contribution in [1.82, 2.24) is 0 Å². The molecule has 1 aliphatic rings. The number of hydrogen-bond acceptors (Lipinski definition) is 7. The van der Waals surface area contributed by atoms with Crippen LogP contribution < -0.4 is 5.23 Å². The Balaban J connectivity index is 2.86. The summed E-state index contributed by atoms with van der Waals surface area (Å²) < 4.78 is 9.32. The Morgan fingerprint density at radius 3 is 2.46 bits per heavy atom. The van der Waals surface area contributed by atoms with E-state index in [-0.39, 0.29) is 0 Å². The van der Waals surface area contributed by atoms with Gasteiger partial charge in [-0.2, -0.15) is 0 Å². The number of benzene rings is 1. The molecule has 9 heteroatoms.